The highest BCUT2D eigenvalue weighted by molar-refractivity contribution is 9.09. The van der Waals surface area contributed by atoms with Crippen molar-refractivity contribution in [3.05, 3.63) is 71.8 Å². The lowest BCUT2D eigenvalue weighted by Crippen LogP contribution is -3.00. The summed E-state index contributed by atoms with van der Waals surface area (Å²) < 4.78 is 1.39. The van der Waals surface area contributed by atoms with Crippen LogP contribution in [-0.2, 0) is 0 Å². The van der Waals surface area contributed by atoms with E-state index < -0.39 is 0 Å². The van der Waals surface area contributed by atoms with Crippen molar-refractivity contribution in [2.45, 2.75) is 72.7 Å². The lowest BCUT2D eigenvalue weighted by Gasteiger charge is -2.35. The minimum absolute atomic E-state index is 0. The summed E-state index contributed by atoms with van der Waals surface area (Å²) >= 11 is 7.66. The van der Waals surface area contributed by atoms with E-state index in [1.807, 2.05) is 0 Å². The van der Waals surface area contributed by atoms with E-state index in [4.69, 9.17) is 0 Å². The molecule has 2 aromatic rings. The molecule has 6 fully saturated rings. The molecule has 0 radical (unpaired) electrons. The molecule has 6 heteroatoms. The van der Waals surface area contributed by atoms with Crippen molar-refractivity contribution in [2.24, 2.45) is 11.8 Å². The van der Waals surface area contributed by atoms with Gasteiger partial charge in [0.2, 0.25) is 0 Å². The summed E-state index contributed by atoms with van der Waals surface area (Å²) in [5.41, 5.74) is 2.86. The maximum absolute atomic E-state index is 10.1. The van der Waals surface area contributed by atoms with E-state index in [1.165, 1.54) is 28.6 Å². The van der Waals surface area contributed by atoms with Crippen LogP contribution in [0.1, 0.15) is 49.9 Å². The van der Waals surface area contributed by atoms with Gasteiger partial charge in [0.15, 0.2) is 6.04 Å². The molecule has 6 bridgehead atoms. The molecule has 11 atom stereocenters. The van der Waals surface area contributed by atoms with Crippen LogP contribution in [0.3, 0.4) is 0 Å². The van der Waals surface area contributed by atoms with Gasteiger partial charge < -0.3 is 26.6 Å². The SMILES string of the molecule is C[C@@H](c1ccccc1)N1C[C@H]2C[C@H](O)[C@@H]1[C@@H]2Br.C[C@@H](c1ccccc1)[N+]12C[C@H]3C[C@@H]1C2C3Br.[Br-]. The predicted octanol–water partition coefficient (Wildman–Crippen LogP) is 2.69. The first-order valence-corrected chi connectivity index (χ1v) is 14.5. The third-order valence-electron chi connectivity index (χ3n) is 9.67. The normalized spacial score (nSPS) is 42.5. The Bertz CT molecular complexity index is 994. The Morgan fingerprint density at radius 1 is 0.882 bits per heavy atom. The molecule has 2 saturated carbocycles. The summed E-state index contributed by atoms with van der Waals surface area (Å²) in [4.78, 5) is 3.72. The van der Waals surface area contributed by atoms with Crippen molar-refractivity contribution in [3.8, 4) is 0 Å². The van der Waals surface area contributed by atoms with Crippen LogP contribution >= 0.6 is 31.9 Å². The number of hydrogen-bond acceptors (Lipinski definition) is 2. The van der Waals surface area contributed by atoms with Crippen LogP contribution in [0.4, 0.5) is 0 Å². The standard InChI is InChI=1S/C14H18BrNO.C14H17BrN.BrH/c1-9(10-5-3-2-4-6-10)16-8-11-7-12(17)14(16)13(11)15;1-9(10-5-3-2-4-6-10)16-8-11-7-12(16)14(16)13(11)15;/h2-6,9,11-14,17H,7-8H2,1H3;2-6,9,11-14H,7-8H2,1H3;1H/q;+1;/p-1/t9-,11+,12-,13+,14+;9-,11+,12+,13?,14?,16?;/m00./s1. The Morgan fingerprint density at radius 3 is 1.97 bits per heavy atom. The summed E-state index contributed by atoms with van der Waals surface area (Å²) in [5.74, 6) is 1.57. The third kappa shape index (κ3) is 3.81. The number of nitrogens with zero attached hydrogens (tertiary/aromatic N) is 2. The fourth-order valence-corrected chi connectivity index (χ4v) is 10.2. The molecule has 0 aromatic heterocycles. The highest BCUT2D eigenvalue weighted by Gasteiger charge is 2.82. The molecule has 2 aromatic carbocycles. The third-order valence-corrected chi connectivity index (χ3v) is 12.3. The first-order valence-electron chi connectivity index (χ1n) is 12.6. The van der Waals surface area contributed by atoms with Gasteiger partial charge in [-0.25, -0.2) is 0 Å². The van der Waals surface area contributed by atoms with E-state index >= 15 is 0 Å². The Kier molecular flexibility index (Phi) is 7.15. The molecule has 34 heavy (non-hydrogen) atoms. The fraction of sp³-hybridized carbons (Fsp3) is 0.571. The fourth-order valence-electron chi connectivity index (χ4n) is 7.97. The van der Waals surface area contributed by atoms with E-state index in [0.29, 0.717) is 22.8 Å². The van der Waals surface area contributed by atoms with Gasteiger partial charge in [-0.2, -0.15) is 0 Å². The maximum atomic E-state index is 10.1. The largest absolute Gasteiger partial charge is 1.00 e. The molecule has 184 valence electrons. The van der Waals surface area contributed by atoms with Gasteiger partial charge in [0.1, 0.15) is 12.1 Å². The first kappa shape index (κ1) is 25.4. The number of rotatable bonds is 4. The van der Waals surface area contributed by atoms with Crippen LogP contribution < -0.4 is 17.0 Å². The molecule has 0 spiro atoms. The first-order chi connectivity index (χ1) is 15.9. The minimum Gasteiger partial charge on any atom is -1.00 e. The number of likely N-dealkylation sites (tertiary alicyclic amines) is 1. The Hall–Kier alpha value is -0.240. The predicted molar refractivity (Wildman–Crippen MR) is 141 cm³/mol. The zero-order valence-corrected chi connectivity index (χ0v) is 24.6. The molecule has 3 unspecified atom stereocenters. The summed E-state index contributed by atoms with van der Waals surface area (Å²) in [6, 6.07) is 24.9. The topological polar surface area (TPSA) is 23.5 Å². The highest BCUT2D eigenvalue weighted by Crippen LogP contribution is 2.67. The number of aliphatic hydroxyl groups is 1. The Labute approximate surface area is 231 Å². The van der Waals surface area contributed by atoms with Gasteiger partial charge in [-0.3, -0.25) is 4.90 Å². The molecule has 8 rings (SSSR count). The van der Waals surface area contributed by atoms with E-state index in [0.717, 1.165) is 35.8 Å². The van der Waals surface area contributed by atoms with Crippen molar-refractivity contribution >= 4 is 31.9 Å². The molecule has 1 N–H and O–H groups in total. The summed E-state index contributed by atoms with van der Waals surface area (Å²) in [6.07, 6.45) is 2.26. The van der Waals surface area contributed by atoms with Gasteiger partial charge in [-0.05, 0) is 31.7 Å². The van der Waals surface area contributed by atoms with Gasteiger partial charge >= 0.3 is 0 Å². The summed E-state index contributed by atoms with van der Waals surface area (Å²) in [6.45, 7) is 7.19. The van der Waals surface area contributed by atoms with Crippen LogP contribution in [0.25, 0.3) is 0 Å². The summed E-state index contributed by atoms with van der Waals surface area (Å²) in [7, 11) is 0. The highest BCUT2D eigenvalue weighted by atomic mass is 79.9. The van der Waals surface area contributed by atoms with Gasteiger partial charge in [0, 0.05) is 41.4 Å². The zero-order valence-electron chi connectivity index (χ0n) is 19.9. The van der Waals surface area contributed by atoms with E-state index in [9.17, 15) is 5.11 Å². The molecule has 4 aliphatic heterocycles. The number of halogens is 3. The van der Waals surface area contributed by atoms with E-state index in [2.05, 4.69) is 111 Å². The number of aliphatic hydroxyl groups excluding tert-OH is 1. The molecule has 4 saturated heterocycles. The van der Waals surface area contributed by atoms with Crippen molar-refractivity contribution < 1.29 is 26.6 Å². The lowest BCUT2D eigenvalue weighted by atomic mass is 10.0. The number of fused-ring (bicyclic) bond motifs is 2. The van der Waals surface area contributed by atoms with Crippen molar-refractivity contribution in [1.29, 1.82) is 0 Å². The van der Waals surface area contributed by atoms with Crippen LogP contribution in [0.2, 0.25) is 0 Å². The molecular formula is C28H35Br3N2O. The molecular weight excluding hydrogens is 620 g/mol. The summed E-state index contributed by atoms with van der Waals surface area (Å²) in [5, 5.41) is 10.1. The molecule has 6 aliphatic rings. The second kappa shape index (κ2) is 9.57. The van der Waals surface area contributed by atoms with Gasteiger partial charge in [-0.15, -0.1) is 0 Å². The zero-order chi connectivity index (χ0) is 22.9. The second-order valence-corrected chi connectivity index (χ2v) is 13.2. The lowest BCUT2D eigenvalue weighted by molar-refractivity contribution is -0.841. The smallest absolute Gasteiger partial charge is 0.155 e. The monoisotopic (exact) mass is 652 g/mol. The average molecular weight is 655 g/mol. The Morgan fingerprint density at radius 2 is 1.50 bits per heavy atom. The van der Waals surface area contributed by atoms with Gasteiger partial charge in [-0.1, -0.05) is 92.5 Å². The van der Waals surface area contributed by atoms with Crippen LogP contribution in [0.15, 0.2) is 60.7 Å². The number of quaternary nitrogens is 1. The average Bonchev–Trinajstić information content (AvgIpc) is 3.33. The number of benzene rings is 2. The molecule has 2 aliphatic carbocycles. The molecule has 0 amide bonds. The number of alkyl halides is 2. The molecule has 4 heterocycles. The van der Waals surface area contributed by atoms with Crippen molar-refractivity contribution in [1.82, 2.24) is 4.90 Å². The van der Waals surface area contributed by atoms with E-state index in [-0.39, 0.29) is 29.1 Å². The van der Waals surface area contributed by atoms with Gasteiger partial charge in [0.05, 0.1) is 17.5 Å². The quantitative estimate of drug-likeness (QED) is 0.312. The van der Waals surface area contributed by atoms with Crippen LogP contribution in [0, 0.1) is 11.8 Å². The van der Waals surface area contributed by atoms with E-state index in [1.54, 1.807) is 0 Å². The Balaban J connectivity index is 0.000000138. The van der Waals surface area contributed by atoms with Crippen molar-refractivity contribution in [3.63, 3.8) is 0 Å². The number of hydrogen-bond donors (Lipinski definition) is 1. The van der Waals surface area contributed by atoms with Crippen LogP contribution in [-0.4, -0.2) is 61.5 Å². The van der Waals surface area contributed by atoms with Gasteiger partial charge in [0.25, 0.3) is 0 Å². The van der Waals surface area contributed by atoms with Crippen molar-refractivity contribution in [2.75, 3.05) is 13.1 Å². The minimum atomic E-state index is -0.163. The second-order valence-electron chi connectivity index (χ2n) is 11.0. The van der Waals surface area contributed by atoms with Crippen LogP contribution in [0.5, 0.6) is 0 Å². The number of piperidine rings is 4. The maximum Gasteiger partial charge on any atom is 0.155 e. The molecule has 3 nitrogen and oxygen atoms in total.